The van der Waals surface area contributed by atoms with Crippen molar-refractivity contribution < 1.29 is 19.5 Å². The van der Waals surface area contributed by atoms with Crippen LogP contribution in [-0.2, 0) is 14.4 Å². The lowest BCUT2D eigenvalue weighted by Crippen LogP contribution is -2.60. The third-order valence-electron chi connectivity index (χ3n) is 2.71. The molecule has 0 aromatic rings. The number of hydrogen-bond acceptors (Lipinski definition) is 4. The molecule has 1 aliphatic rings. The van der Waals surface area contributed by atoms with Gasteiger partial charge in [0.25, 0.3) is 0 Å². The predicted octanol–water partition coefficient (Wildman–Crippen LogP) is -0.413. The average Bonchev–Trinajstić information content (AvgIpc) is 2.15. The topological polar surface area (TPSA) is 86.7 Å². The van der Waals surface area contributed by atoms with Crippen LogP contribution in [0.15, 0.2) is 0 Å². The van der Waals surface area contributed by atoms with Gasteiger partial charge in [0.2, 0.25) is 11.8 Å². The zero-order valence-electron chi connectivity index (χ0n) is 9.40. The summed E-state index contributed by atoms with van der Waals surface area (Å²) in [6.45, 7) is 3.63. The first-order valence-corrected chi connectivity index (χ1v) is 5.27. The van der Waals surface area contributed by atoms with E-state index in [1.807, 2.05) is 6.92 Å². The number of aliphatic carboxylic acids is 1. The summed E-state index contributed by atoms with van der Waals surface area (Å²) < 4.78 is 0. The molecule has 1 aliphatic heterocycles. The summed E-state index contributed by atoms with van der Waals surface area (Å²) in [5, 5.41) is 10.9. The van der Waals surface area contributed by atoms with Crippen molar-refractivity contribution in [2.75, 3.05) is 6.54 Å². The summed E-state index contributed by atoms with van der Waals surface area (Å²) in [5.41, 5.74) is 0. The van der Waals surface area contributed by atoms with Crippen molar-refractivity contribution in [3.63, 3.8) is 0 Å². The lowest BCUT2D eigenvalue weighted by atomic mass is 10.1. The Morgan fingerprint density at radius 2 is 2.25 bits per heavy atom. The standard InChI is InChI=1S/C10H16N2O4/c1-3-7-10(16)11-8(13)5-12(7)6(2)4-9(14)15/h6-7H,3-5H2,1-2H3,(H,14,15)(H,11,13,16). The highest BCUT2D eigenvalue weighted by atomic mass is 16.4. The number of amides is 2. The third-order valence-corrected chi connectivity index (χ3v) is 2.71. The van der Waals surface area contributed by atoms with Crippen molar-refractivity contribution in [1.82, 2.24) is 10.2 Å². The van der Waals surface area contributed by atoms with E-state index in [4.69, 9.17) is 5.11 Å². The Labute approximate surface area is 93.6 Å². The predicted molar refractivity (Wildman–Crippen MR) is 55.6 cm³/mol. The van der Waals surface area contributed by atoms with Crippen LogP contribution in [0.2, 0.25) is 0 Å². The average molecular weight is 228 g/mol. The van der Waals surface area contributed by atoms with Crippen molar-refractivity contribution >= 4 is 17.8 Å². The molecule has 0 aromatic carbocycles. The van der Waals surface area contributed by atoms with E-state index in [0.29, 0.717) is 6.42 Å². The van der Waals surface area contributed by atoms with Gasteiger partial charge in [-0.3, -0.25) is 24.6 Å². The Bertz CT molecular complexity index is 316. The quantitative estimate of drug-likeness (QED) is 0.638. The Morgan fingerprint density at radius 1 is 1.62 bits per heavy atom. The van der Waals surface area contributed by atoms with Gasteiger partial charge in [0.05, 0.1) is 19.0 Å². The van der Waals surface area contributed by atoms with Gasteiger partial charge in [0.15, 0.2) is 0 Å². The molecule has 1 saturated heterocycles. The van der Waals surface area contributed by atoms with Crippen LogP contribution >= 0.6 is 0 Å². The van der Waals surface area contributed by atoms with Gasteiger partial charge in [-0.1, -0.05) is 6.92 Å². The minimum Gasteiger partial charge on any atom is -0.481 e. The summed E-state index contributed by atoms with van der Waals surface area (Å²) in [7, 11) is 0. The van der Waals surface area contributed by atoms with E-state index in [2.05, 4.69) is 5.32 Å². The van der Waals surface area contributed by atoms with E-state index < -0.39 is 12.0 Å². The van der Waals surface area contributed by atoms with Crippen LogP contribution in [-0.4, -0.2) is 46.4 Å². The Hall–Kier alpha value is -1.43. The van der Waals surface area contributed by atoms with Gasteiger partial charge in [-0.25, -0.2) is 0 Å². The molecule has 2 amide bonds. The number of carboxylic acids is 1. The van der Waals surface area contributed by atoms with Crippen molar-refractivity contribution in [1.29, 1.82) is 0 Å². The van der Waals surface area contributed by atoms with E-state index >= 15 is 0 Å². The van der Waals surface area contributed by atoms with Gasteiger partial charge in [-0.2, -0.15) is 0 Å². The van der Waals surface area contributed by atoms with Crippen LogP contribution in [0.4, 0.5) is 0 Å². The number of carbonyl (C=O) groups excluding carboxylic acids is 2. The summed E-state index contributed by atoms with van der Waals surface area (Å²) >= 11 is 0. The first-order chi connectivity index (χ1) is 7.45. The maximum absolute atomic E-state index is 11.5. The highest BCUT2D eigenvalue weighted by molar-refractivity contribution is 6.01. The second kappa shape index (κ2) is 5.07. The van der Waals surface area contributed by atoms with E-state index in [0.717, 1.165) is 0 Å². The molecule has 2 unspecified atom stereocenters. The molecule has 0 radical (unpaired) electrons. The van der Waals surface area contributed by atoms with Crippen LogP contribution in [0, 0.1) is 0 Å². The number of rotatable bonds is 4. The number of carbonyl (C=O) groups is 3. The third kappa shape index (κ3) is 2.79. The zero-order valence-corrected chi connectivity index (χ0v) is 9.40. The maximum Gasteiger partial charge on any atom is 0.304 e. The monoisotopic (exact) mass is 228 g/mol. The van der Waals surface area contributed by atoms with Crippen molar-refractivity contribution in [2.24, 2.45) is 0 Å². The SMILES string of the molecule is CCC1C(=O)NC(=O)CN1C(C)CC(=O)O. The summed E-state index contributed by atoms with van der Waals surface area (Å²) in [6.07, 6.45) is 0.486. The minimum absolute atomic E-state index is 0.0724. The van der Waals surface area contributed by atoms with Crippen molar-refractivity contribution in [3.05, 3.63) is 0 Å². The number of imide groups is 1. The number of carboxylic acid groups (broad SMARTS) is 1. The molecule has 0 aromatic heterocycles. The molecule has 6 heteroatoms. The first-order valence-electron chi connectivity index (χ1n) is 5.27. The minimum atomic E-state index is -0.930. The molecule has 90 valence electrons. The number of nitrogens with zero attached hydrogens (tertiary/aromatic N) is 1. The normalized spacial score (nSPS) is 24.0. The van der Waals surface area contributed by atoms with E-state index in [-0.39, 0.29) is 30.8 Å². The lowest BCUT2D eigenvalue weighted by molar-refractivity contribution is -0.145. The summed E-state index contributed by atoms with van der Waals surface area (Å²) in [4.78, 5) is 35.0. The van der Waals surface area contributed by atoms with Crippen LogP contribution in [0.1, 0.15) is 26.7 Å². The van der Waals surface area contributed by atoms with Gasteiger partial charge in [-0.05, 0) is 13.3 Å². The van der Waals surface area contributed by atoms with Gasteiger partial charge in [0, 0.05) is 6.04 Å². The van der Waals surface area contributed by atoms with Crippen molar-refractivity contribution in [3.8, 4) is 0 Å². The second-order valence-corrected chi connectivity index (χ2v) is 3.96. The Morgan fingerprint density at radius 3 is 2.75 bits per heavy atom. The molecular formula is C10H16N2O4. The molecule has 0 aliphatic carbocycles. The van der Waals surface area contributed by atoms with E-state index in [1.165, 1.54) is 0 Å². The largest absolute Gasteiger partial charge is 0.481 e. The summed E-state index contributed by atoms with van der Waals surface area (Å²) in [6, 6.07) is -0.732. The van der Waals surface area contributed by atoms with Gasteiger partial charge in [-0.15, -0.1) is 0 Å². The zero-order chi connectivity index (χ0) is 12.3. The molecule has 0 spiro atoms. The Balaban J connectivity index is 2.77. The fourth-order valence-electron chi connectivity index (χ4n) is 1.94. The number of hydrogen-bond donors (Lipinski definition) is 2. The molecule has 6 nitrogen and oxygen atoms in total. The van der Waals surface area contributed by atoms with Gasteiger partial charge in [0.1, 0.15) is 0 Å². The fraction of sp³-hybridized carbons (Fsp3) is 0.700. The smallest absolute Gasteiger partial charge is 0.304 e. The van der Waals surface area contributed by atoms with Crippen LogP contribution < -0.4 is 5.32 Å². The Kier molecular flexibility index (Phi) is 4.00. The van der Waals surface area contributed by atoms with Crippen LogP contribution in [0.25, 0.3) is 0 Å². The number of nitrogens with one attached hydrogen (secondary N) is 1. The molecule has 16 heavy (non-hydrogen) atoms. The lowest BCUT2D eigenvalue weighted by Gasteiger charge is -2.37. The van der Waals surface area contributed by atoms with Crippen LogP contribution in [0.5, 0.6) is 0 Å². The number of piperazine rings is 1. The molecule has 0 bridgehead atoms. The van der Waals surface area contributed by atoms with Gasteiger partial charge >= 0.3 is 5.97 Å². The fourth-order valence-corrected chi connectivity index (χ4v) is 1.94. The molecule has 2 atom stereocenters. The van der Waals surface area contributed by atoms with Crippen molar-refractivity contribution in [2.45, 2.75) is 38.8 Å². The van der Waals surface area contributed by atoms with Gasteiger partial charge < -0.3 is 5.11 Å². The van der Waals surface area contributed by atoms with E-state index in [1.54, 1.807) is 11.8 Å². The first kappa shape index (κ1) is 12.6. The maximum atomic E-state index is 11.5. The molecular weight excluding hydrogens is 212 g/mol. The summed E-state index contributed by atoms with van der Waals surface area (Å²) in [5.74, 6) is -1.64. The molecule has 1 heterocycles. The molecule has 1 rings (SSSR count). The molecule has 0 saturated carbocycles. The highest BCUT2D eigenvalue weighted by Crippen LogP contribution is 2.15. The second-order valence-electron chi connectivity index (χ2n) is 3.96. The molecule has 1 fully saturated rings. The van der Waals surface area contributed by atoms with Crippen LogP contribution in [0.3, 0.4) is 0 Å². The van der Waals surface area contributed by atoms with E-state index in [9.17, 15) is 14.4 Å². The highest BCUT2D eigenvalue weighted by Gasteiger charge is 2.35. The molecule has 2 N–H and O–H groups in total.